The van der Waals surface area contributed by atoms with Gasteiger partial charge in [-0.3, -0.25) is 4.79 Å². The quantitative estimate of drug-likeness (QED) is 0.551. The van der Waals surface area contributed by atoms with Crippen molar-refractivity contribution in [1.82, 2.24) is 15.0 Å². The molecule has 1 amide bonds. The third-order valence-electron chi connectivity index (χ3n) is 3.52. The van der Waals surface area contributed by atoms with Gasteiger partial charge in [-0.1, -0.05) is 28.1 Å². The highest BCUT2D eigenvalue weighted by molar-refractivity contribution is 9.10. The lowest BCUT2D eigenvalue weighted by molar-refractivity contribution is 0.0955. The molecule has 0 aliphatic heterocycles. The normalized spacial score (nSPS) is 11.3. The van der Waals surface area contributed by atoms with E-state index >= 15 is 0 Å². The highest BCUT2D eigenvalue weighted by Crippen LogP contribution is 2.11. The van der Waals surface area contributed by atoms with E-state index in [1.54, 1.807) is 24.7 Å². The van der Waals surface area contributed by atoms with Gasteiger partial charge in [0, 0.05) is 28.1 Å². The first kappa shape index (κ1) is 16.1. The number of rotatable bonds is 4. The molecule has 5 nitrogen and oxygen atoms in total. The Hall–Kier alpha value is -2.73. The molecular formula is C18H15BrN4O. The second-order valence-corrected chi connectivity index (χ2v) is 6.08. The highest BCUT2D eigenvalue weighted by Gasteiger charge is 2.05. The second kappa shape index (κ2) is 7.23. The number of hydrogen-bond acceptors (Lipinski definition) is 3. The number of nitrogens with one attached hydrogen (secondary N) is 1. The molecule has 1 aromatic heterocycles. The van der Waals surface area contributed by atoms with Gasteiger partial charge in [-0.15, -0.1) is 0 Å². The third kappa shape index (κ3) is 3.78. The van der Waals surface area contributed by atoms with Gasteiger partial charge >= 0.3 is 0 Å². The molecule has 1 N–H and O–H groups in total. The molecular weight excluding hydrogens is 368 g/mol. The topological polar surface area (TPSA) is 59.3 Å². The molecule has 0 saturated heterocycles. The minimum Gasteiger partial charge on any atom is -0.306 e. The molecule has 0 aliphatic carbocycles. The van der Waals surface area contributed by atoms with Crippen LogP contribution in [0.4, 0.5) is 0 Å². The fraction of sp³-hybridized carbons (Fsp3) is 0.0556. The van der Waals surface area contributed by atoms with E-state index in [0.29, 0.717) is 5.56 Å². The molecule has 0 radical (unpaired) electrons. The Morgan fingerprint density at radius 1 is 1.08 bits per heavy atom. The zero-order valence-corrected chi connectivity index (χ0v) is 14.6. The molecule has 0 aliphatic rings. The van der Waals surface area contributed by atoms with Gasteiger partial charge in [0.05, 0.1) is 12.0 Å². The van der Waals surface area contributed by atoms with E-state index in [2.05, 4.69) is 31.4 Å². The van der Waals surface area contributed by atoms with Gasteiger partial charge in [0.15, 0.2) is 0 Å². The first-order chi connectivity index (χ1) is 11.6. The lowest BCUT2D eigenvalue weighted by Crippen LogP contribution is -2.19. The van der Waals surface area contributed by atoms with Gasteiger partial charge in [-0.05, 0) is 48.9 Å². The minimum absolute atomic E-state index is 0.239. The van der Waals surface area contributed by atoms with Crippen molar-refractivity contribution in [3.8, 4) is 5.69 Å². The van der Waals surface area contributed by atoms with Crippen LogP contribution in [0.2, 0.25) is 0 Å². The lowest BCUT2D eigenvalue weighted by atomic mass is 10.1. The van der Waals surface area contributed by atoms with Gasteiger partial charge in [0.25, 0.3) is 5.91 Å². The fourth-order valence-corrected chi connectivity index (χ4v) is 2.42. The van der Waals surface area contributed by atoms with Crippen LogP contribution in [-0.4, -0.2) is 21.2 Å². The zero-order chi connectivity index (χ0) is 16.9. The van der Waals surface area contributed by atoms with Crippen LogP contribution in [-0.2, 0) is 0 Å². The second-order valence-electron chi connectivity index (χ2n) is 5.16. The van der Waals surface area contributed by atoms with Crippen LogP contribution in [0.1, 0.15) is 22.8 Å². The van der Waals surface area contributed by atoms with Crippen LogP contribution >= 0.6 is 15.9 Å². The average molecular weight is 383 g/mol. The van der Waals surface area contributed by atoms with Crippen molar-refractivity contribution in [3.05, 3.63) is 82.9 Å². The van der Waals surface area contributed by atoms with Crippen molar-refractivity contribution in [2.24, 2.45) is 5.10 Å². The molecule has 0 atom stereocenters. The molecule has 0 bridgehead atoms. The molecule has 3 aromatic rings. The summed E-state index contributed by atoms with van der Waals surface area (Å²) in [5.74, 6) is -0.239. The predicted molar refractivity (Wildman–Crippen MR) is 97.4 cm³/mol. The van der Waals surface area contributed by atoms with Crippen LogP contribution in [0.5, 0.6) is 0 Å². The van der Waals surface area contributed by atoms with E-state index in [1.807, 2.05) is 54.1 Å². The molecule has 24 heavy (non-hydrogen) atoms. The summed E-state index contributed by atoms with van der Waals surface area (Å²) in [5, 5.41) is 4.17. The van der Waals surface area contributed by atoms with Crippen LogP contribution < -0.4 is 5.43 Å². The summed E-state index contributed by atoms with van der Waals surface area (Å²) in [5.41, 5.74) is 5.83. The van der Waals surface area contributed by atoms with Gasteiger partial charge in [0.2, 0.25) is 0 Å². The fourth-order valence-electron chi connectivity index (χ4n) is 2.15. The largest absolute Gasteiger partial charge is 0.306 e. The molecule has 0 spiro atoms. The van der Waals surface area contributed by atoms with E-state index in [4.69, 9.17) is 0 Å². The van der Waals surface area contributed by atoms with Crippen LogP contribution in [0, 0.1) is 0 Å². The van der Waals surface area contributed by atoms with Gasteiger partial charge < -0.3 is 4.57 Å². The van der Waals surface area contributed by atoms with E-state index < -0.39 is 0 Å². The zero-order valence-electron chi connectivity index (χ0n) is 13.0. The molecule has 1 heterocycles. The summed E-state index contributed by atoms with van der Waals surface area (Å²) in [6, 6.07) is 15.0. The van der Waals surface area contributed by atoms with Crippen molar-refractivity contribution >= 4 is 27.5 Å². The summed E-state index contributed by atoms with van der Waals surface area (Å²) < 4.78 is 2.85. The van der Waals surface area contributed by atoms with Gasteiger partial charge in [-0.25, -0.2) is 10.4 Å². The summed E-state index contributed by atoms with van der Waals surface area (Å²) in [4.78, 5) is 16.1. The number of hydrazone groups is 1. The monoisotopic (exact) mass is 382 g/mol. The Kier molecular flexibility index (Phi) is 4.86. The Balaban J connectivity index is 1.69. The molecule has 0 fully saturated rings. The highest BCUT2D eigenvalue weighted by atomic mass is 79.9. The number of halogens is 1. The molecule has 6 heteroatoms. The molecule has 2 aromatic carbocycles. The Bertz CT molecular complexity index is 853. The number of carbonyl (C=O) groups excluding carboxylic acids is 1. The van der Waals surface area contributed by atoms with Crippen LogP contribution in [0.3, 0.4) is 0 Å². The SMILES string of the molecule is CC(=NNC(=O)c1ccc(Br)cc1)c1ccc(-n2ccnc2)cc1. The number of carbonyl (C=O) groups is 1. The Morgan fingerprint density at radius 2 is 1.75 bits per heavy atom. The maximum Gasteiger partial charge on any atom is 0.271 e. The molecule has 0 unspecified atom stereocenters. The van der Waals surface area contributed by atoms with E-state index in [1.165, 1.54) is 0 Å². The number of hydrogen-bond donors (Lipinski definition) is 1. The molecule has 120 valence electrons. The number of imidazole rings is 1. The van der Waals surface area contributed by atoms with E-state index in [-0.39, 0.29) is 5.91 Å². The van der Waals surface area contributed by atoms with Crippen LogP contribution in [0.25, 0.3) is 5.69 Å². The predicted octanol–water partition coefficient (Wildman–Crippen LogP) is 3.79. The average Bonchev–Trinajstić information content (AvgIpc) is 3.15. The summed E-state index contributed by atoms with van der Waals surface area (Å²) >= 11 is 3.34. The number of aromatic nitrogens is 2. The van der Waals surface area contributed by atoms with Crippen molar-refractivity contribution in [3.63, 3.8) is 0 Å². The van der Waals surface area contributed by atoms with Crippen molar-refractivity contribution < 1.29 is 4.79 Å². The smallest absolute Gasteiger partial charge is 0.271 e. The number of benzene rings is 2. The first-order valence-corrected chi connectivity index (χ1v) is 8.12. The standard InChI is InChI=1S/C18H15BrN4O/c1-13(21-22-18(24)15-2-6-16(19)7-3-15)14-4-8-17(9-5-14)23-11-10-20-12-23/h2-12H,1H3,(H,22,24). The third-order valence-corrected chi connectivity index (χ3v) is 4.05. The maximum absolute atomic E-state index is 12.1. The maximum atomic E-state index is 12.1. The van der Waals surface area contributed by atoms with Gasteiger partial charge in [0.1, 0.15) is 0 Å². The van der Waals surface area contributed by atoms with Crippen molar-refractivity contribution in [2.45, 2.75) is 6.92 Å². The molecule has 0 saturated carbocycles. The lowest BCUT2D eigenvalue weighted by Gasteiger charge is -2.05. The Morgan fingerprint density at radius 3 is 2.38 bits per heavy atom. The summed E-state index contributed by atoms with van der Waals surface area (Å²) in [7, 11) is 0. The van der Waals surface area contributed by atoms with Gasteiger partial charge in [-0.2, -0.15) is 5.10 Å². The van der Waals surface area contributed by atoms with Crippen molar-refractivity contribution in [1.29, 1.82) is 0 Å². The number of nitrogens with zero attached hydrogens (tertiary/aromatic N) is 3. The van der Waals surface area contributed by atoms with Crippen molar-refractivity contribution in [2.75, 3.05) is 0 Å². The van der Waals surface area contributed by atoms with E-state index in [9.17, 15) is 4.79 Å². The molecule has 3 rings (SSSR count). The number of amides is 1. The Labute approximate surface area is 148 Å². The van der Waals surface area contributed by atoms with E-state index in [0.717, 1.165) is 21.4 Å². The summed E-state index contributed by atoms with van der Waals surface area (Å²) in [6.45, 7) is 1.86. The van der Waals surface area contributed by atoms with Crippen LogP contribution in [0.15, 0.2) is 76.8 Å². The summed E-state index contributed by atoms with van der Waals surface area (Å²) in [6.07, 6.45) is 5.36. The minimum atomic E-state index is -0.239. The first-order valence-electron chi connectivity index (χ1n) is 7.32.